The second kappa shape index (κ2) is 8.32. The van der Waals surface area contributed by atoms with Gasteiger partial charge in [0.05, 0.1) is 19.8 Å². The predicted octanol–water partition coefficient (Wildman–Crippen LogP) is 1.44. The van der Waals surface area contributed by atoms with Crippen LogP contribution in [0.4, 0.5) is 4.79 Å². The highest BCUT2D eigenvalue weighted by molar-refractivity contribution is 5.86. The lowest BCUT2D eigenvalue weighted by Gasteiger charge is -2.31. The summed E-state index contributed by atoms with van der Waals surface area (Å²) in [5, 5.41) is 8.80. The van der Waals surface area contributed by atoms with Gasteiger partial charge in [-0.25, -0.2) is 4.79 Å². The van der Waals surface area contributed by atoms with Gasteiger partial charge in [-0.1, -0.05) is 20.8 Å². The first-order valence-corrected chi connectivity index (χ1v) is 8.02. The van der Waals surface area contributed by atoms with E-state index in [1.165, 1.54) is 0 Å². The molecule has 1 saturated heterocycles. The number of carbonyl (C=O) groups is 2. The van der Waals surface area contributed by atoms with Crippen molar-refractivity contribution in [2.75, 3.05) is 19.8 Å². The summed E-state index contributed by atoms with van der Waals surface area (Å²) in [6, 6.07) is -0.750. The van der Waals surface area contributed by atoms with Crippen molar-refractivity contribution < 1.29 is 23.9 Å². The van der Waals surface area contributed by atoms with Gasteiger partial charge in [-0.15, -0.1) is 5.16 Å². The van der Waals surface area contributed by atoms with E-state index in [1.54, 1.807) is 13.8 Å². The molecule has 1 aliphatic heterocycles. The topological polar surface area (TPSA) is 98.2 Å². The largest absolute Gasteiger partial charge is 0.444 e. The summed E-state index contributed by atoms with van der Waals surface area (Å²) in [5.74, 6) is -0.317. The Hall–Kier alpha value is -1.83. The maximum atomic E-state index is 12.5. The molecule has 0 radical (unpaired) electrons. The van der Waals surface area contributed by atoms with Gasteiger partial charge in [-0.2, -0.15) is 0 Å². The van der Waals surface area contributed by atoms with Crippen LogP contribution in [0.3, 0.4) is 0 Å². The molecule has 0 aromatic carbocycles. The van der Waals surface area contributed by atoms with Crippen molar-refractivity contribution in [3.05, 3.63) is 0 Å². The molecule has 0 bridgehead atoms. The Labute approximate surface area is 143 Å². The van der Waals surface area contributed by atoms with E-state index in [-0.39, 0.29) is 18.6 Å². The molecular weight excluding hydrogens is 314 g/mol. The first kappa shape index (κ1) is 20.2. The number of ether oxygens (including phenoxy) is 2. The highest BCUT2D eigenvalue weighted by Gasteiger charge is 2.35. The number of hydrogen-bond acceptors (Lipinski definition) is 6. The zero-order valence-electron chi connectivity index (χ0n) is 15.2. The number of hydrogen-bond donors (Lipinski definition) is 2. The molecule has 0 aliphatic carbocycles. The van der Waals surface area contributed by atoms with Crippen LogP contribution in [0.15, 0.2) is 5.16 Å². The zero-order chi connectivity index (χ0) is 18.4. The summed E-state index contributed by atoms with van der Waals surface area (Å²) in [5.41, 5.74) is -1.18. The molecule has 2 N–H and O–H groups in total. The second-order valence-corrected chi connectivity index (χ2v) is 7.53. The highest BCUT2D eigenvalue weighted by Crippen LogP contribution is 2.20. The Morgan fingerprint density at radius 3 is 2.50 bits per heavy atom. The van der Waals surface area contributed by atoms with Crippen LogP contribution >= 0.6 is 0 Å². The van der Waals surface area contributed by atoms with Crippen LogP contribution in [-0.4, -0.2) is 56.2 Å². The van der Waals surface area contributed by atoms with Crippen LogP contribution in [0.1, 0.15) is 41.0 Å². The van der Waals surface area contributed by atoms with Crippen LogP contribution in [0.2, 0.25) is 0 Å². The van der Waals surface area contributed by atoms with Gasteiger partial charge in [0.15, 0.2) is 0 Å². The molecule has 2 atom stereocenters. The summed E-state index contributed by atoms with van der Waals surface area (Å²) in [6.07, 6.45) is -0.219. The summed E-state index contributed by atoms with van der Waals surface area (Å²) in [6.45, 7) is 13.6. The van der Waals surface area contributed by atoms with Crippen molar-refractivity contribution in [3.8, 4) is 0 Å². The van der Waals surface area contributed by atoms with Crippen molar-refractivity contribution >= 4 is 18.7 Å². The number of carbonyl (C=O) groups excluding carboxylic acids is 2. The van der Waals surface area contributed by atoms with Gasteiger partial charge in [-0.3, -0.25) is 4.79 Å². The molecule has 1 rings (SSSR count). The Morgan fingerprint density at radius 1 is 1.33 bits per heavy atom. The Morgan fingerprint density at radius 2 is 2.00 bits per heavy atom. The third kappa shape index (κ3) is 6.74. The highest BCUT2D eigenvalue weighted by atomic mass is 16.6. The number of oxime groups is 1. The van der Waals surface area contributed by atoms with E-state index in [0.717, 1.165) is 0 Å². The molecule has 1 aliphatic rings. The number of nitrogens with zero attached hydrogens (tertiary/aromatic N) is 1. The predicted molar refractivity (Wildman–Crippen MR) is 89.8 cm³/mol. The normalized spacial score (nSPS) is 19.3. The van der Waals surface area contributed by atoms with Crippen LogP contribution < -0.4 is 10.6 Å². The molecule has 1 fully saturated rings. The number of nitrogens with one attached hydrogen (secondary N) is 2. The third-order valence-corrected chi connectivity index (χ3v) is 3.55. The van der Waals surface area contributed by atoms with E-state index >= 15 is 0 Å². The van der Waals surface area contributed by atoms with Gasteiger partial charge in [0, 0.05) is 13.1 Å². The summed E-state index contributed by atoms with van der Waals surface area (Å²) >= 11 is 0. The molecule has 8 heteroatoms. The smallest absolute Gasteiger partial charge is 0.408 e. The lowest BCUT2D eigenvalue weighted by atomic mass is 9.86. The van der Waals surface area contributed by atoms with Crippen molar-refractivity contribution in [1.29, 1.82) is 0 Å². The summed E-state index contributed by atoms with van der Waals surface area (Å²) < 4.78 is 10.4. The van der Waals surface area contributed by atoms with Crippen LogP contribution in [0.25, 0.3) is 0 Å². The molecule has 2 amide bonds. The van der Waals surface area contributed by atoms with Crippen molar-refractivity contribution in [3.63, 3.8) is 0 Å². The second-order valence-electron chi connectivity index (χ2n) is 7.53. The number of amides is 2. The fraction of sp³-hybridized carbons (Fsp3) is 0.812. The maximum Gasteiger partial charge on any atom is 0.408 e. The lowest BCUT2D eigenvalue weighted by molar-refractivity contribution is -0.127. The lowest BCUT2D eigenvalue weighted by Crippen LogP contribution is -2.55. The van der Waals surface area contributed by atoms with Crippen molar-refractivity contribution in [1.82, 2.24) is 10.6 Å². The molecular formula is C16H29N3O5. The molecule has 0 unspecified atom stereocenters. The molecule has 0 saturated carbocycles. The standard InChI is InChI=1S/C16H29N3O5/c1-15(2,3)12(13(20)18-10-16(4,5)24-17-6)19-14(21)23-11-7-8-22-9-11/h11-12H,6-10H2,1-5H3,(H,18,20)(H,19,21)/t11-,12-/m1/s1. The molecule has 138 valence electrons. The molecule has 0 aromatic heterocycles. The van der Waals surface area contributed by atoms with E-state index in [4.69, 9.17) is 14.3 Å². The Bertz CT molecular complexity index is 453. The molecule has 24 heavy (non-hydrogen) atoms. The quantitative estimate of drug-likeness (QED) is 0.538. The van der Waals surface area contributed by atoms with Crippen LogP contribution in [0.5, 0.6) is 0 Å². The van der Waals surface area contributed by atoms with Gasteiger partial charge >= 0.3 is 6.09 Å². The van der Waals surface area contributed by atoms with Crippen LogP contribution in [0, 0.1) is 5.41 Å². The fourth-order valence-corrected chi connectivity index (χ4v) is 2.19. The van der Waals surface area contributed by atoms with E-state index in [0.29, 0.717) is 19.6 Å². The SMILES string of the molecule is C=NOC(C)(C)CNC(=O)[C@@H](NC(=O)O[C@@H]1CCOC1)C(C)(C)C. The van der Waals surface area contributed by atoms with Crippen LogP contribution in [-0.2, 0) is 19.1 Å². The van der Waals surface area contributed by atoms with E-state index in [1.807, 2.05) is 20.8 Å². The minimum absolute atomic E-state index is 0.227. The van der Waals surface area contributed by atoms with Gasteiger partial charge in [0.2, 0.25) is 5.91 Å². The maximum absolute atomic E-state index is 12.5. The van der Waals surface area contributed by atoms with Gasteiger partial charge < -0.3 is 24.9 Å². The third-order valence-electron chi connectivity index (χ3n) is 3.55. The summed E-state index contributed by atoms with van der Waals surface area (Å²) in [7, 11) is 0. The first-order valence-electron chi connectivity index (χ1n) is 8.02. The fourth-order valence-electron chi connectivity index (χ4n) is 2.19. The average Bonchev–Trinajstić information content (AvgIpc) is 2.94. The van der Waals surface area contributed by atoms with E-state index < -0.39 is 23.2 Å². The van der Waals surface area contributed by atoms with Crippen molar-refractivity contribution in [2.45, 2.75) is 58.8 Å². The molecule has 0 spiro atoms. The van der Waals surface area contributed by atoms with E-state index in [9.17, 15) is 9.59 Å². The van der Waals surface area contributed by atoms with E-state index in [2.05, 4.69) is 22.5 Å². The van der Waals surface area contributed by atoms with Gasteiger partial charge in [-0.05, 0) is 19.3 Å². The monoisotopic (exact) mass is 343 g/mol. The first-order chi connectivity index (χ1) is 11.0. The minimum Gasteiger partial charge on any atom is -0.444 e. The zero-order valence-corrected chi connectivity index (χ0v) is 15.2. The number of alkyl carbamates (subject to hydrolysis) is 1. The Kier molecular flexibility index (Phi) is 7.01. The van der Waals surface area contributed by atoms with Gasteiger partial charge in [0.1, 0.15) is 17.7 Å². The van der Waals surface area contributed by atoms with Crippen molar-refractivity contribution in [2.24, 2.45) is 10.6 Å². The molecule has 8 nitrogen and oxygen atoms in total. The Balaban J connectivity index is 2.62. The minimum atomic E-state index is -0.750. The summed E-state index contributed by atoms with van der Waals surface area (Å²) in [4.78, 5) is 29.6. The van der Waals surface area contributed by atoms with Gasteiger partial charge in [0.25, 0.3) is 0 Å². The molecule has 1 heterocycles. The molecule has 0 aromatic rings. The average molecular weight is 343 g/mol. The number of rotatable bonds is 7.